The van der Waals surface area contributed by atoms with Crippen molar-refractivity contribution < 1.29 is 0 Å². The van der Waals surface area contributed by atoms with Crippen molar-refractivity contribution in [3.8, 4) is 0 Å². The minimum absolute atomic E-state index is 0.274. The number of nitrogens with two attached hydrogens (primary N) is 1. The Hall–Kier alpha value is -1.00. The maximum Gasteiger partial charge on any atom is 0.115 e. The van der Waals surface area contributed by atoms with Crippen molar-refractivity contribution in [2.75, 3.05) is 0 Å². The Bertz CT molecular complexity index is 287. The Balaban J connectivity index is 2.07. The molecule has 0 radical (unpaired) electrons. The summed E-state index contributed by atoms with van der Waals surface area (Å²) in [5.41, 5.74) is 7.08. The molecule has 3 atom stereocenters. The maximum atomic E-state index is 5.92. The van der Waals surface area contributed by atoms with E-state index in [1.807, 2.05) is 12.4 Å². The first-order valence-electron chi connectivity index (χ1n) is 5.04. The maximum absolute atomic E-state index is 5.92. The molecular weight excluding hydrogens is 176 g/mol. The summed E-state index contributed by atoms with van der Waals surface area (Å²) in [6.07, 6.45) is 7.43. The summed E-state index contributed by atoms with van der Waals surface area (Å²) in [6.45, 7) is 2.13. The van der Waals surface area contributed by atoms with Gasteiger partial charge in [0.1, 0.15) is 6.33 Å². The van der Waals surface area contributed by atoms with E-state index in [4.69, 9.17) is 5.73 Å². The predicted octanol–water partition coefficient (Wildman–Crippen LogP) is 0.617. The van der Waals surface area contributed by atoms with Gasteiger partial charge in [0.25, 0.3) is 0 Å². The van der Waals surface area contributed by atoms with Crippen molar-refractivity contribution in [2.45, 2.75) is 37.9 Å². The molecule has 0 spiro atoms. The van der Waals surface area contributed by atoms with Crippen LogP contribution in [0, 0.1) is 0 Å². The lowest BCUT2D eigenvalue weighted by molar-refractivity contribution is 0.302. The van der Waals surface area contributed by atoms with Crippen LogP contribution < -0.4 is 11.1 Å². The number of nitrogens with one attached hydrogen (secondary N) is 1. The van der Waals surface area contributed by atoms with E-state index in [2.05, 4.69) is 22.2 Å². The molecule has 0 aliphatic carbocycles. The molecule has 0 bridgehead atoms. The van der Waals surface area contributed by atoms with Crippen molar-refractivity contribution in [1.29, 1.82) is 0 Å². The van der Waals surface area contributed by atoms with E-state index in [9.17, 15) is 0 Å². The third kappa shape index (κ3) is 1.91. The number of hydrogen-bond donors (Lipinski definition) is 2. The normalized spacial score (nSPS) is 32.9. The molecule has 2 rings (SSSR count). The van der Waals surface area contributed by atoms with Crippen molar-refractivity contribution >= 4 is 0 Å². The zero-order valence-corrected chi connectivity index (χ0v) is 8.35. The molecule has 1 saturated heterocycles. The molecule has 3 unspecified atom stereocenters. The van der Waals surface area contributed by atoms with Gasteiger partial charge in [-0.15, -0.1) is 0 Å². The molecular formula is C10H16N4. The van der Waals surface area contributed by atoms with Crippen molar-refractivity contribution in [1.82, 2.24) is 15.3 Å². The fraction of sp³-hybridized carbons (Fsp3) is 0.600. The van der Waals surface area contributed by atoms with Crippen molar-refractivity contribution in [3.63, 3.8) is 0 Å². The summed E-state index contributed by atoms with van der Waals surface area (Å²) in [4.78, 5) is 8.04. The van der Waals surface area contributed by atoms with Crippen LogP contribution in [0.25, 0.3) is 0 Å². The fourth-order valence-corrected chi connectivity index (χ4v) is 1.89. The highest BCUT2D eigenvalue weighted by Crippen LogP contribution is 2.23. The first-order valence-corrected chi connectivity index (χ1v) is 5.04. The minimum atomic E-state index is 0.274. The summed E-state index contributed by atoms with van der Waals surface area (Å²) >= 11 is 0. The summed E-state index contributed by atoms with van der Waals surface area (Å²) in [7, 11) is 0. The number of aromatic nitrogens is 2. The predicted molar refractivity (Wildman–Crippen MR) is 54.6 cm³/mol. The van der Waals surface area contributed by atoms with E-state index in [0.29, 0.717) is 12.1 Å². The summed E-state index contributed by atoms with van der Waals surface area (Å²) < 4.78 is 0. The quantitative estimate of drug-likeness (QED) is 0.684. The van der Waals surface area contributed by atoms with Gasteiger partial charge in [-0.05, 0) is 19.8 Å². The minimum Gasteiger partial charge on any atom is -0.326 e. The average Bonchev–Trinajstić information content (AvgIpc) is 2.23. The zero-order valence-electron chi connectivity index (χ0n) is 8.35. The molecule has 1 fully saturated rings. The molecule has 1 aromatic rings. The Labute approximate surface area is 83.9 Å². The van der Waals surface area contributed by atoms with E-state index in [1.54, 1.807) is 6.33 Å². The van der Waals surface area contributed by atoms with Gasteiger partial charge in [0.2, 0.25) is 0 Å². The zero-order chi connectivity index (χ0) is 9.97. The number of nitrogens with zero attached hydrogens (tertiary/aromatic N) is 2. The lowest BCUT2D eigenvalue weighted by Crippen LogP contribution is -2.48. The lowest BCUT2D eigenvalue weighted by atomic mass is 9.92. The van der Waals surface area contributed by atoms with Gasteiger partial charge in [0, 0.05) is 36.1 Å². The molecule has 0 aromatic carbocycles. The Kier molecular flexibility index (Phi) is 2.74. The molecule has 14 heavy (non-hydrogen) atoms. The van der Waals surface area contributed by atoms with Crippen LogP contribution in [0.1, 0.15) is 31.4 Å². The second-order valence-corrected chi connectivity index (χ2v) is 3.92. The van der Waals surface area contributed by atoms with Crippen LogP contribution in [-0.4, -0.2) is 22.1 Å². The van der Waals surface area contributed by atoms with Gasteiger partial charge < -0.3 is 11.1 Å². The van der Waals surface area contributed by atoms with E-state index in [1.165, 1.54) is 0 Å². The van der Waals surface area contributed by atoms with Crippen molar-refractivity contribution in [3.05, 3.63) is 24.3 Å². The van der Waals surface area contributed by atoms with Gasteiger partial charge in [-0.25, -0.2) is 9.97 Å². The second kappa shape index (κ2) is 4.02. The molecule has 0 saturated carbocycles. The first kappa shape index (κ1) is 9.55. The summed E-state index contributed by atoms with van der Waals surface area (Å²) in [6, 6.07) is 1.01. The van der Waals surface area contributed by atoms with Crippen molar-refractivity contribution in [2.24, 2.45) is 5.73 Å². The van der Waals surface area contributed by atoms with Crippen LogP contribution >= 0.6 is 0 Å². The van der Waals surface area contributed by atoms with Crippen LogP contribution in [0.5, 0.6) is 0 Å². The highest BCUT2D eigenvalue weighted by atomic mass is 15.0. The molecule has 1 aliphatic heterocycles. The van der Waals surface area contributed by atoms with E-state index >= 15 is 0 Å². The molecule has 1 aliphatic rings. The third-order valence-electron chi connectivity index (χ3n) is 2.88. The third-order valence-corrected chi connectivity index (χ3v) is 2.88. The van der Waals surface area contributed by atoms with Gasteiger partial charge in [-0.2, -0.15) is 0 Å². The average molecular weight is 192 g/mol. The topological polar surface area (TPSA) is 63.8 Å². The lowest BCUT2D eigenvalue weighted by Gasteiger charge is -2.33. The van der Waals surface area contributed by atoms with Crippen LogP contribution in [0.15, 0.2) is 18.7 Å². The Morgan fingerprint density at radius 1 is 1.36 bits per heavy atom. The highest BCUT2D eigenvalue weighted by molar-refractivity contribution is 5.11. The molecule has 4 nitrogen and oxygen atoms in total. The highest BCUT2D eigenvalue weighted by Gasteiger charge is 2.24. The molecule has 76 valence electrons. The van der Waals surface area contributed by atoms with Crippen LogP contribution in [0.4, 0.5) is 0 Å². The number of rotatable bonds is 1. The first-order chi connectivity index (χ1) is 6.77. The molecule has 2 heterocycles. The van der Waals surface area contributed by atoms with Gasteiger partial charge in [0.05, 0.1) is 0 Å². The largest absolute Gasteiger partial charge is 0.326 e. The molecule has 1 aromatic heterocycles. The second-order valence-electron chi connectivity index (χ2n) is 3.92. The Morgan fingerprint density at radius 3 is 2.71 bits per heavy atom. The monoisotopic (exact) mass is 192 g/mol. The van der Waals surface area contributed by atoms with Crippen LogP contribution in [-0.2, 0) is 0 Å². The van der Waals surface area contributed by atoms with Crippen LogP contribution in [0.2, 0.25) is 0 Å². The molecule has 4 heteroatoms. The molecule has 3 N–H and O–H groups in total. The van der Waals surface area contributed by atoms with E-state index < -0.39 is 0 Å². The smallest absolute Gasteiger partial charge is 0.115 e. The van der Waals surface area contributed by atoms with Crippen LogP contribution in [0.3, 0.4) is 0 Å². The van der Waals surface area contributed by atoms with Gasteiger partial charge in [-0.3, -0.25) is 0 Å². The summed E-state index contributed by atoms with van der Waals surface area (Å²) in [5.74, 6) is 0. The fourth-order valence-electron chi connectivity index (χ4n) is 1.89. The summed E-state index contributed by atoms with van der Waals surface area (Å²) in [5, 5.41) is 3.48. The standard InChI is InChI=1S/C10H16N4/c1-7-9(11)2-3-10(14-7)8-4-12-6-13-5-8/h4-7,9-10,14H,2-3,11H2,1H3. The van der Waals surface area contributed by atoms with E-state index in [-0.39, 0.29) is 6.04 Å². The van der Waals surface area contributed by atoms with Gasteiger partial charge >= 0.3 is 0 Å². The SMILES string of the molecule is CC1NC(c2cncnc2)CCC1N. The Morgan fingerprint density at radius 2 is 2.07 bits per heavy atom. The number of piperidine rings is 1. The van der Waals surface area contributed by atoms with E-state index in [0.717, 1.165) is 18.4 Å². The van der Waals surface area contributed by atoms with Gasteiger partial charge in [0.15, 0.2) is 0 Å². The number of hydrogen-bond acceptors (Lipinski definition) is 4. The molecule has 0 amide bonds. The van der Waals surface area contributed by atoms with Gasteiger partial charge in [-0.1, -0.05) is 0 Å².